The van der Waals surface area contributed by atoms with Gasteiger partial charge >= 0.3 is 0 Å². The first kappa shape index (κ1) is 17.8. The van der Waals surface area contributed by atoms with Gasteiger partial charge in [0.2, 0.25) is 0 Å². The first-order chi connectivity index (χ1) is 12.0. The molecule has 0 N–H and O–H groups in total. The van der Waals surface area contributed by atoms with Crippen molar-refractivity contribution in [2.24, 2.45) is 0 Å². The van der Waals surface area contributed by atoms with Gasteiger partial charge in [0.25, 0.3) is 5.91 Å². The Labute approximate surface area is 159 Å². The summed E-state index contributed by atoms with van der Waals surface area (Å²) in [7, 11) is 3.08. The molecule has 130 valence electrons. The van der Waals surface area contributed by atoms with E-state index in [2.05, 4.69) is 0 Å². The highest BCUT2D eigenvalue weighted by Gasteiger charge is 2.32. The van der Waals surface area contributed by atoms with E-state index in [9.17, 15) is 4.79 Å². The zero-order chi connectivity index (χ0) is 18.0. The lowest BCUT2D eigenvalue weighted by molar-refractivity contribution is -0.122. The van der Waals surface area contributed by atoms with E-state index in [1.165, 1.54) is 23.8 Å². The third-order valence-corrected chi connectivity index (χ3v) is 5.26. The summed E-state index contributed by atoms with van der Waals surface area (Å²) in [6.07, 6.45) is 3.26. The van der Waals surface area contributed by atoms with Crippen LogP contribution in [0.1, 0.15) is 11.3 Å². The van der Waals surface area contributed by atoms with Crippen LogP contribution in [0.2, 0.25) is 5.02 Å². The van der Waals surface area contributed by atoms with Gasteiger partial charge in [-0.15, -0.1) is 0 Å². The number of rotatable bonds is 5. The van der Waals surface area contributed by atoms with Gasteiger partial charge in [0.1, 0.15) is 10.1 Å². The van der Waals surface area contributed by atoms with E-state index in [0.29, 0.717) is 43.6 Å². The zero-order valence-electron chi connectivity index (χ0n) is 13.4. The fraction of sp³-hybridized carbons (Fsp3) is 0.176. The van der Waals surface area contributed by atoms with Gasteiger partial charge in [-0.2, -0.15) is 0 Å². The molecule has 3 rings (SSSR count). The number of benzene rings is 1. The van der Waals surface area contributed by atoms with Gasteiger partial charge in [0, 0.05) is 6.07 Å². The number of nitrogens with zero attached hydrogens (tertiary/aromatic N) is 1. The second-order valence-corrected chi connectivity index (χ2v) is 7.16. The summed E-state index contributed by atoms with van der Waals surface area (Å²) in [5.41, 5.74) is 0.651. The van der Waals surface area contributed by atoms with Crippen LogP contribution < -0.4 is 9.47 Å². The van der Waals surface area contributed by atoms with Crippen molar-refractivity contribution in [3.63, 3.8) is 0 Å². The molecule has 1 aliphatic heterocycles. The SMILES string of the molecule is COc1cc(Cl)c(/C=C2\SC(=S)N(Cc3ccco3)C2=O)cc1OC. The summed E-state index contributed by atoms with van der Waals surface area (Å²) in [5, 5.41) is 0.453. The molecule has 1 fully saturated rings. The van der Waals surface area contributed by atoms with Crippen LogP contribution in [0.25, 0.3) is 6.08 Å². The van der Waals surface area contributed by atoms with E-state index in [4.69, 9.17) is 37.7 Å². The Kier molecular flexibility index (Phi) is 5.36. The predicted molar refractivity (Wildman–Crippen MR) is 102 cm³/mol. The average Bonchev–Trinajstić information content (AvgIpc) is 3.20. The summed E-state index contributed by atoms with van der Waals surface area (Å²) >= 11 is 12.8. The second kappa shape index (κ2) is 7.51. The van der Waals surface area contributed by atoms with Crippen molar-refractivity contribution < 1.29 is 18.7 Å². The third kappa shape index (κ3) is 3.68. The van der Waals surface area contributed by atoms with Crippen molar-refractivity contribution in [2.45, 2.75) is 6.54 Å². The largest absolute Gasteiger partial charge is 0.493 e. The molecular weight excluding hydrogens is 382 g/mol. The number of halogens is 1. The van der Waals surface area contributed by atoms with Crippen LogP contribution in [0.3, 0.4) is 0 Å². The van der Waals surface area contributed by atoms with Gasteiger partial charge in [0.05, 0.1) is 37.0 Å². The Morgan fingerprint density at radius 2 is 2.04 bits per heavy atom. The Balaban J connectivity index is 1.89. The molecule has 0 aliphatic carbocycles. The molecule has 0 atom stereocenters. The molecule has 8 heteroatoms. The number of carbonyl (C=O) groups is 1. The van der Waals surface area contributed by atoms with Gasteiger partial charge in [0.15, 0.2) is 11.5 Å². The van der Waals surface area contributed by atoms with Crippen molar-refractivity contribution in [3.05, 3.63) is 51.8 Å². The Hall–Kier alpha value is -1.96. The third-order valence-electron chi connectivity index (χ3n) is 3.56. The highest BCUT2D eigenvalue weighted by Crippen LogP contribution is 2.38. The molecule has 2 heterocycles. The monoisotopic (exact) mass is 395 g/mol. The van der Waals surface area contributed by atoms with Crippen molar-refractivity contribution in [2.75, 3.05) is 14.2 Å². The Bertz CT molecular complexity index is 849. The van der Waals surface area contributed by atoms with Crippen molar-refractivity contribution in [3.8, 4) is 11.5 Å². The first-order valence-corrected chi connectivity index (χ1v) is 8.83. The summed E-state index contributed by atoms with van der Waals surface area (Å²) in [6, 6.07) is 6.94. The van der Waals surface area contributed by atoms with Gasteiger partial charge in [-0.25, -0.2) is 0 Å². The quantitative estimate of drug-likeness (QED) is 0.554. The molecule has 1 aromatic heterocycles. The predicted octanol–water partition coefficient (Wildman–Crippen LogP) is 4.35. The number of hydrogen-bond acceptors (Lipinski definition) is 6. The van der Waals surface area contributed by atoms with E-state index in [-0.39, 0.29) is 5.91 Å². The molecule has 1 saturated heterocycles. The Morgan fingerprint density at radius 1 is 1.32 bits per heavy atom. The molecule has 0 saturated carbocycles. The first-order valence-electron chi connectivity index (χ1n) is 7.22. The van der Waals surface area contributed by atoms with E-state index >= 15 is 0 Å². The van der Waals surface area contributed by atoms with Crippen LogP contribution in [-0.4, -0.2) is 29.3 Å². The number of carbonyl (C=O) groups excluding carboxylic acids is 1. The summed E-state index contributed by atoms with van der Waals surface area (Å²) in [6.45, 7) is 0.300. The maximum atomic E-state index is 12.6. The van der Waals surface area contributed by atoms with E-state index in [0.717, 1.165) is 0 Å². The molecular formula is C17H14ClNO4S2. The van der Waals surface area contributed by atoms with Crippen LogP contribution >= 0.6 is 35.6 Å². The van der Waals surface area contributed by atoms with Crippen molar-refractivity contribution in [1.29, 1.82) is 0 Å². The second-order valence-electron chi connectivity index (χ2n) is 5.08. The van der Waals surface area contributed by atoms with Gasteiger partial charge < -0.3 is 13.9 Å². The molecule has 0 unspecified atom stereocenters. The maximum Gasteiger partial charge on any atom is 0.266 e. The molecule has 25 heavy (non-hydrogen) atoms. The lowest BCUT2D eigenvalue weighted by Crippen LogP contribution is -2.27. The molecule has 0 bridgehead atoms. The molecule has 2 aromatic rings. The van der Waals surface area contributed by atoms with Crippen molar-refractivity contribution >= 4 is 51.9 Å². The maximum absolute atomic E-state index is 12.6. The van der Waals surface area contributed by atoms with Crippen LogP contribution in [0.15, 0.2) is 39.9 Å². The number of methoxy groups -OCH3 is 2. The minimum absolute atomic E-state index is 0.183. The van der Waals surface area contributed by atoms with Gasteiger partial charge in [-0.05, 0) is 29.8 Å². The summed E-state index contributed by atoms with van der Waals surface area (Å²) in [4.78, 5) is 14.6. The van der Waals surface area contributed by atoms with Crippen LogP contribution in [0.4, 0.5) is 0 Å². The highest BCUT2D eigenvalue weighted by molar-refractivity contribution is 8.26. The van der Waals surface area contributed by atoms with Crippen molar-refractivity contribution in [1.82, 2.24) is 4.90 Å². The number of amides is 1. The number of furan rings is 1. The van der Waals surface area contributed by atoms with Crippen LogP contribution in [-0.2, 0) is 11.3 Å². The fourth-order valence-corrected chi connectivity index (χ4v) is 3.77. The number of ether oxygens (including phenoxy) is 2. The lowest BCUT2D eigenvalue weighted by Gasteiger charge is -2.12. The molecule has 0 radical (unpaired) electrons. The highest BCUT2D eigenvalue weighted by atomic mass is 35.5. The molecule has 5 nitrogen and oxygen atoms in total. The summed E-state index contributed by atoms with van der Waals surface area (Å²) in [5.74, 6) is 1.54. The molecule has 1 aliphatic rings. The smallest absolute Gasteiger partial charge is 0.266 e. The topological polar surface area (TPSA) is 51.9 Å². The van der Waals surface area contributed by atoms with Crippen LogP contribution in [0.5, 0.6) is 11.5 Å². The summed E-state index contributed by atoms with van der Waals surface area (Å²) < 4.78 is 16.3. The minimum atomic E-state index is -0.183. The lowest BCUT2D eigenvalue weighted by atomic mass is 10.1. The molecule has 0 spiro atoms. The number of thioether (sulfide) groups is 1. The Morgan fingerprint density at radius 3 is 2.68 bits per heavy atom. The molecule has 1 amide bonds. The fourth-order valence-electron chi connectivity index (χ4n) is 2.32. The van der Waals surface area contributed by atoms with E-state index in [1.807, 2.05) is 0 Å². The standard InChI is InChI=1S/C17H14ClNO4S2/c1-21-13-6-10(12(18)8-14(13)22-2)7-15-16(20)19(17(24)25-15)9-11-4-3-5-23-11/h3-8H,9H2,1-2H3/b15-7-. The minimum Gasteiger partial charge on any atom is -0.493 e. The van der Waals surface area contributed by atoms with Gasteiger partial charge in [-0.1, -0.05) is 35.6 Å². The normalized spacial score (nSPS) is 16.0. The van der Waals surface area contributed by atoms with Crippen LogP contribution in [0, 0.1) is 0 Å². The van der Waals surface area contributed by atoms with E-state index in [1.54, 1.807) is 43.7 Å². The average molecular weight is 396 g/mol. The van der Waals surface area contributed by atoms with E-state index < -0.39 is 0 Å². The molecule has 1 aromatic carbocycles. The number of hydrogen-bond donors (Lipinski definition) is 0. The number of thiocarbonyl (C=S) groups is 1. The van der Waals surface area contributed by atoms with Gasteiger partial charge in [-0.3, -0.25) is 9.69 Å². The zero-order valence-corrected chi connectivity index (χ0v) is 15.8.